The number of ether oxygens (including phenoxy) is 1. The summed E-state index contributed by atoms with van der Waals surface area (Å²) in [7, 11) is 0. The second kappa shape index (κ2) is 6.77. The number of hydrogen-bond donors (Lipinski definition) is 1. The van der Waals surface area contributed by atoms with Crippen LogP contribution in [0.2, 0.25) is 0 Å². The average molecular weight is 283 g/mol. The van der Waals surface area contributed by atoms with E-state index in [2.05, 4.69) is 69.4 Å². The van der Waals surface area contributed by atoms with Crippen LogP contribution in [0.1, 0.15) is 37.5 Å². The van der Waals surface area contributed by atoms with Gasteiger partial charge in [0.15, 0.2) is 0 Å². The van der Waals surface area contributed by atoms with Gasteiger partial charge in [-0.3, -0.25) is 0 Å². The molecule has 0 saturated heterocycles. The molecule has 21 heavy (non-hydrogen) atoms. The summed E-state index contributed by atoms with van der Waals surface area (Å²) < 4.78 is 5.85. The smallest absolute Gasteiger partial charge is 0.120 e. The topological polar surface area (TPSA) is 21.3 Å². The van der Waals surface area contributed by atoms with Crippen LogP contribution < -0.4 is 10.1 Å². The molecule has 2 rings (SSSR count). The minimum absolute atomic E-state index is 0.133. The molecule has 0 spiro atoms. The van der Waals surface area contributed by atoms with Gasteiger partial charge in [0.25, 0.3) is 0 Å². The lowest BCUT2D eigenvalue weighted by Crippen LogP contribution is -2.35. The number of nitrogens with one attached hydrogen (secondary N) is 1. The van der Waals surface area contributed by atoms with Gasteiger partial charge in [-0.15, -0.1) is 0 Å². The summed E-state index contributed by atoms with van der Waals surface area (Å²) in [6.07, 6.45) is 0. The van der Waals surface area contributed by atoms with E-state index in [1.165, 1.54) is 16.7 Å². The first kappa shape index (κ1) is 15.6. The fourth-order valence-corrected chi connectivity index (χ4v) is 2.07. The Kier molecular flexibility index (Phi) is 5.03. The van der Waals surface area contributed by atoms with Crippen LogP contribution in [0.15, 0.2) is 48.5 Å². The molecule has 0 aromatic heterocycles. The van der Waals surface area contributed by atoms with E-state index < -0.39 is 0 Å². The highest BCUT2D eigenvalue weighted by Crippen LogP contribution is 2.15. The molecule has 112 valence electrons. The molecule has 2 aromatic carbocycles. The molecule has 2 heteroatoms. The van der Waals surface area contributed by atoms with Crippen molar-refractivity contribution >= 4 is 0 Å². The van der Waals surface area contributed by atoms with Gasteiger partial charge < -0.3 is 10.1 Å². The third kappa shape index (κ3) is 5.60. The monoisotopic (exact) mass is 283 g/mol. The van der Waals surface area contributed by atoms with Crippen LogP contribution in [0.25, 0.3) is 0 Å². The van der Waals surface area contributed by atoms with E-state index in [1.54, 1.807) is 0 Å². The van der Waals surface area contributed by atoms with Gasteiger partial charge in [-0.25, -0.2) is 0 Å². The third-order valence-corrected chi connectivity index (χ3v) is 3.21. The standard InChI is InChI=1S/C19H25NO/c1-15-7-5-10-18(11-15)21-14-17-9-6-8-16(12-17)13-20-19(2,3)4/h5-12,20H,13-14H2,1-4H3. The van der Waals surface area contributed by atoms with Crippen LogP contribution in [0.4, 0.5) is 0 Å². The zero-order valence-corrected chi connectivity index (χ0v) is 13.4. The molecule has 0 bridgehead atoms. The zero-order valence-electron chi connectivity index (χ0n) is 13.4. The van der Waals surface area contributed by atoms with Gasteiger partial charge in [0.2, 0.25) is 0 Å². The van der Waals surface area contributed by atoms with Crippen molar-refractivity contribution in [1.82, 2.24) is 5.32 Å². The van der Waals surface area contributed by atoms with Crippen molar-refractivity contribution in [3.05, 3.63) is 65.2 Å². The maximum absolute atomic E-state index is 5.85. The molecule has 0 aliphatic rings. The molecule has 0 saturated carbocycles. The maximum Gasteiger partial charge on any atom is 0.120 e. The van der Waals surface area contributed by atoms with Gasteiger partial charge >= 0.3 is 0 Å². The van der Waals surface area contributed by atoms with Crippen LogP contribution in [-0.2, 0) is 13.2 Å². The average Bonchev–Trinajstić information content (AvgIpc) is 2.43. The number of hydrogen-bond acceptors (Lipinski definition) is 2. The molecule has 0 heterocycles. The lowest BCUT2D eigenvalue weighted by molar-refractivity contribution is 0.306. The van der Waals surface area contributed by atoms with Crippen molar-refractivity contribution < 1.29 is 4.74 Å². The summed E-state index contributed by atoms with van der Waals surface area (Å²) in [6.45, 7) is 10.1. The summed E-state index contributed by atoms with van der Waals surface area (Å²) in [5.74, 6) is 0.924. The first-order valence-corrected chi connectivity index (χ1v) is 7.45. The normalized spacial score (nSPS) is 11.4. The lowest BCUT2D eigenvalue weighted by Gasteiger charge is -2.20. The first-order chi connectivity index (χ1) is 9.92. The fraction of sp³-hybridized carbons (Fsp3) is 0.368. The molecular weight excluding hydrogens is 258 g/mol. The van der Waals surface area contributed by atoms with Crippen LogP contribution in [0, 0.1) is 6.92 Å². The number of rotatable bonds is 5. The summed E-state index contributed by atoms with van der Waals surface area (Å²) in [4.78, 5) is 0. The summed E-state index contributed by atoms with van der Waals surface area (Å²) >= 11 is 0. The van der Waals surface area contributed by atoms with E-state index in [9.17, 15) is 0 Å². The Balaban J connectivity index is 1.95. The Morgan fingerprint density at radius 3 is 2.38 bits per heavy atom. The van der Waals surface area contributed by atoms with Crippen LogP contribution in [0.3, 0.4) is 0 Å². The van der Waals surface area contributed by atoms with Crippen molar-refractivity contribution in [2.75, 3.05) is 0 Å². The summed E-state index contributed by atoms with van der Waals surface area (Å²) in [5.41, 5.74) is 3.84. The van der Waals surface area contributed by atoms with Crippen molar-refractivity contribution in [1.29, 1.82) is 0 Å². The number of benzene rings is 2. The highest BCUT2D eigenvalue weighted by molar-refractivity contribution is 5.28. The zero-order chi connectivity index (χ0) is 15.3. The van der Waals surface area contributed by atoms with E-state index >= 15 is 0 Å². The van der Waals surface area contributed by atoms with E-state index in [4.69, 9.17) is 4.74 Å². The van der Waals surface area contributed by atoms with Gasteiger partial charge in [-0.1, -0.05) is 36.4 Å². The second-order valence-electron chi connectivity index (χ2n) is 6.53. The second-order valence-corrected chi connectivity index (χ2v) is 6.53. The maximum atomic E-state index is 5.85. The minimum atomic E-state index is 0.133. The fourth-order valence-electron chi connectivity index (χ4n) is 2.07. The Labute approximate surface area is 128 Å². The van der Waals surface area contributed by atoms with Gasteiger partial charge in [-0.2, -0.15) is 0 Å². The summed E-state index contributed by atoms with van der Waals surface area (Å²) in [6, 6.07) is 16.7. The first-order valence-electron chi connectivity index (χ1n) is 7.45. The molecule has 0 fully saturated rings. The predicted octanol–water partition coefficient (Wildman–Crippen LogP) is 4.46. The molecule has 0 aliphatic carbocycles. The van der Waals surface area contributed by atoms with Gasteiger partial charge in [-0.05, 0) is 56.5 Å². The molecule has 0 amide bonds. The largest absolute Gasteiger partial charge is 0.489 e. The highest BCUT2D eigenvalue weighted by Gasteiger charge is 2.08. The lowest BCUT2D eigenvalue weighted by atomic mass is 10.1. The van der Waals surface area contributed by atoms with Crippen molar-refractivity contribution in [3.63, 3.8) is 0 Å². The minimum Gasteiger partial charge on any atom is -0.489 e. The van der Waals surface area contributed by atoms with Gasteiger partial charge in [0, 0.05) is 12.1 Å². The third-order valence-electron chi connectivity index (χ3n) is 3.21. The van der Waals surface area contributed by atoms with Crippen molar-refractivity contribution in [3.8, 4) is 5.75 Å². The molecule has 1 N–H and O–H groups in total. The Bertz CT molecular complexity index is 584. The quantitative estimate of drug-likeness (QED) is 0.874. The molecular formula is C19H25NO. The molecule has 2 aromatic rings. The van der Waals surface area contributed by atoms with E-state index in [-0.39, 0.29) is 5.54 Å². The van der Waals surface area contributed by atoms with E-state index in [1.807, 2.05) is 12.1 Å². The van der Waals surface area contributed by atoms with E-state index in [0.717, 1.165) is 12.3 Å². The summed E-state index contributed by atoms with van der Waals surface area (Å²) in [5, 5.41) is 3.51. The van der Waals surface area contributed by atoms with Crippen LogP contribution in [-0.4, -0.2) is 5.54 Å². The molecule has 0 unspecified atom stereocenters. The van der Waals surface area contributed by atoms with Gasteiger partial charge in [0.1, 0.15) is 12.4 Å². The van der Waals surface area contributed by atoms with E-state index in [0.29, 0.717) is 6.61 Å². The van der Waals surface area contributed by atoms with Crippen molar-refractivity contribution in [2.45, 2.75) is 46.4 Å². The molecule has 0 radical (unpaired) electrons. The SMILES string of the molecule is Cc1cccc(OCc2cccc(CNC(C)(C)C)c2)c1. The number of aryl methyl sites for hydroxylation is 1. The molecule has 0 aliphatic heterocycles. The molecule has 0 atom stereocenters. The Hall–Kier alpha value is -1.80. The van der Waals surface area contributed by atoms with Crippen LogP contribution in [0.5, 0.6) is 5.75 Å². The Morgan fingerprint density at radius 2 is 1.67 bits per heavy atom. The van der Waals surface area contributed by atoms with Crippen LogP contribution >= 0.6 is 0 Å². The highest BCUT2D eigenvalue weighted by atomic mass is 16.5. The predicted molar refractivity (Wildman–Crippen MR) is 88.5 cm³/mol. The van der Waals surface area contributed by atoms with Crippen molar-refractivity contribution in [2.24, 2.45) is 0 Å². The Morgan fingerprint density at radius 1 is 0.952 bits per heavy atom. The molecule has 2 nitrogen and oxygen atoms in total. The van der Waals surface area contributed by atoms with Gasteiger partial charge in [0.05, 0.1) is 0 Å².